The molecule has 1 aliphatic rings. The van der Waals surface area contributed by atoms with Crippen molar-refractivity contribution in [3.63, 3.8) is 0 Å². The second-order valence-corrected chi connectivity index (χ2v) is 5.20. The lowest BCUT2D eigenvalue weighted by molar-refractivity contribution is -0.132. The summed E-state index contributed by atoms with van der Waals surface area (Å²) in [5, 5.41) is 8.67. The molecule has 3 nitrogen and oxygen atoms in total. The van der Waals surface area contributed by atoms with Crippen LogP contribution in [0, 0.1) is 0 Å². The molecule has 1 heterocycles. The maximum absolute atomic E-state index is 10.5. The van der Waals surface area contributed by atoms with Crippen LogP contribution < -0.4 is 0 Å². The molecular formula is C15H26O3. The van der Waals surface area contributed by atoms with Gasteiger partial charge >= 0.3 is 5.97 Å². The molecule has 0 amide bonds. The molecule has 1 unspecified atom stereocenters. The Morgan fingerprint density at radius 3 is 2.28 bits per heavy atom. The molecule has 1 N–H and O–H groups in total. The van der Waals surface area contributed by atoms with Crippen LogP contribution in [0.4, 0.5) is 0 Å². The molecule has 0 bridgehead atoms. The Hall–Kier alpha value is -0.830. The SMILES string of the molecule is C/C(=C\CCCCCCCCCC1CO1)C(=O)O. The molecule has 1 atom stereocenters. The van der Waals surface area contributed by atoms with Crippen LogP contribution in [0.3, 0.4) is 0 Å². The fourth-order valence-corrected chi connectivity index (χ4v) is 2.04. The van der Waals surface area contributed by atoms with Gasteiger partial charge in [0, 0.05) is 5.57 Å². The zero-order chi connectivity index (χ0) is 13.2. The monoisotopic (exact) mass is 254 g/mol. The summed E-state index contributed by atoms with van der Waals surface area (Å²) < 4.78 is 5.17. The summed E-state index contributed by atoms with van der Waals surface area (Å²) >= 11 is 0. The van der Waals surface area contributed by atoms with Gasteiger partial charge in [-0.15, -0.1) is 0 Å². The molecule has 0 spiro atoms. The molecule has 3 heteroatoms. The standard InChI is InChI=1S/C15H26O3/c1-13(15(16)17)10-8-6-4-2-3-5-7-9-11-14-12-18-14/h10,14H,2-9,11-12H2,1H3,(H,16,17)/b13-10+. The smallest absolute Gasteiger partial charge is 0.330 e. The Bertz CT molecular complexity index is 267. The van der Waals surface area contributed by atoms with Crippen LogP contribution in [0.2, 0.25) is 0 Å². The first-order chi connectivity index (χ1) is 8.70. The van der Waals surface area contributed by atoms with Crippen LogP contribution in [0.1, 0.15) is 64.7 Å². The topological polar surface area (TPSA) is 49.8 Å². The van der Waals surface area contributed by atoms with Crippen molar-refractivity contribution in [1.29, 1.82) is 0 Å². The maximum atomic E-state index is 10.5. The van der Waals surface area contributed by atoms with E-state index in [9.17, 15) is 4.79 Å². The minimum atomic E-state index is -0.797. The van der Waals surface area contributed by atoms with E-state index in [1.165, 1.54) is 44.9 Å². The number of allylic oxidation sites excluding steroid dienone is 1. The normalized spacial score (nSPS) is 18.9. The van der Waals surface area contributed by atoms with Gasteiger partial charge in [-0.1, -0.05) is 44.6 Å². The second-order valence-electron chi connectivity index (χ2n) is 5.20. The van der Waals surface area contributed by atoms with E-state index in [0.717, 1.165) is 19.4 Å². The molecule has 104 valence electrons. The molecule has 1 rings (SSSR count). The van der Waals surface area contributed by atoms with E-state index in [-0.39, 0.29) is 0 Å². The number of hydrogen-bond acceptors (Lipinski definition) is 2. The summed E-state index contributed by atoms with van der Waals surface area (Å²) in [6.07, 6.45) is 13.5. The van der Waals surface area contributed by atoms with E-state index in [0.29, 0.717) is 11.7 Å². The van der Waals surface area contributed by atoms with E-state index < -0.39 is 5.97 Å². The fourth-order valence-electron chi connectivity index (χ4n) is 2.04. The number of epoxide rings is 1. The predicted octanol–water partition coefficient (Wildman–Crippen LogP) is 3.93. The van der Waals surface area contributed by atoms with Gasteiger partial charge in [0.15, 0.2) is 0 Å². The van der Waals surface area contributed by atoms with E-state index >= 15 is 0 Å². The van der Waals surface area contributed by atoms with Crippen molar-refractivity contribution in [2.75, 3.05) is 6.61 Å². The van der Waals surface area contributed by atoms with E-state index in [1.807, 2.05) is 6.08 Å². The van der Waals surface area contributed by atoms with E-state index in [1.54, 1.807) is 6.92 Å². The van der Waals surface area contributed by atoms with E-state index in [2.05, 4.69) is 0 Å². The highest BCUT2D eigenvalue weighted by Gasteiger charge is 2.20. The quantitative estimate of drug-likeness (QED) is 0.345. The Balaban J connectivity index is 1.77. The van der Waals surface area contributed by atoms with Crippen molar-refractivity contribution in [2.45, 2.75) is 70.8 Å². The van der Waals surface area contributed by atoms with Crippen molar-refractivity contribution in [3.8, 4) is 0 Å². The van der Waals surface area contributed by atoms with Crippen LogP contribution in [0.25, 0.3) is 0 Å². The summed E-state index contributed by atoms with van der Waals surface area (Å²) in [7, 11) is 0. The van der Waals surface area contributed by atoms with Gasteiger partial charge in [-0.2, -0.15) is 0 Å². The Morgan fingerprint density at radius 1 is 1.17 bits per heavy atom. The number of carboxylic acids is 1. The van der Waals surface area contributed by atoms with Gasteiger partial charge in [-0.05, 0) is 26.2 Å². The number of aliphatic carboxylic acids is 1. The molecule has 0 aliphatic carbocycles. The highest BCUT2D eigenvalue weighted by Crippen LogP contribution is 2.18. The molecule has 1 aliphatic heterocycles. The van der Waals surface area contributed by atoms with Crippen molar-refractivity contribution < 1.29 is 14.6 Å². The average Bonchev–Trinajstić information content (AvgIpc) is 3.15. The fraction of sp³-hybridized carbons (Fsp3) is 0.800. The molecule has 1 fully saturated rings. The second kappa shape index (κ2) is 9.15. The van der Waals surface area contributed by atoms with Crippen LogP contribution >= 0.6 is 0 Å². The van der Waals surface area contributed by atoms with Gasteiger partial charge < -0.3 is 9.84 Å². The number of unbranched alkanes of at least 4 members (excludes halogenated alkanes) is 7. The van der Waals surface area contributed by atoms with Crippen molar-refractivity contribution >= 4 is 5.97 Å². The van der Waals surface area contributed by atoms with E-state index in [4.69, 9.17) is 9.84 Å². The third-order valence-corrected chi connectivity index (χ3v) is 3.42. The molecule has 0 aromatic heterocycles. The molecular weight excluding hydrogens is 228 g/mol. The molecule has 0 radical (unpaired) electrons. The minimum absolute atomic E-state index is 0.470. The van der Waals surface area contributed by atoms with Crippen molar-refractivity contribution in [1.82, 2.24) is 0 Å². The number of carboxylic acid groups (broad SMARTS) is 1. The zero-order valence-corrected chi connectivity index (χ0v) is 11.5. The van der Waals surface area contributed by atoms with Gasteiger partial charge in [0.1, 0.15) is 0 Å². The lowest BCUT2D eigenvalue weighted by atomic mass is 10.1. The first-order valence-electron chi connectivity index (χ1n) is 7.22. The van der Waals surface area contributed by atoms with Crippen LogP contribution in [-0.2, 0) is 9.53 Å². The highest BCUT2D eigenvalue weighted by atomic mass is 16.6. The maximum Gasteiger partial charge on any atom is 0.330 e. The number of carbonyl (C=O) groups is 1. The molecule has 0 saturated carbocycles. The lowest BCUT2D eigenvalue weighted by Crippen LogP contribution is -1.95. The molecule has 18 heavy (non-hydrogen) atoms. The van der Waals surface area contributed by atoms with Gasteiger partial charge in [0.05, 0.1) is 12.7 Å². The van der Waals surface area contributed by atoms with Crippen LogP contribution in [0.15, 0.2) is 11.6 Å². The summed E-state index contributed by atoms with van der Waals surface area (Å²) in [4.78, 5) is 10.5. The summed E-state index contributed by atoms with van der Waals surface area (Å²) in [5.74, 6) is -0.797. The Labute approximate surface area is 110 Å². The number of rotatable bonds is 11. The summed E-state index contributed by atoms with van der Waals surface area (Å²) in [5.41, 5.74) is 0.470. The van der Waals surface area contributed by atoms with Crippen LogP contribution in [0.5, 0.6) is 0 Å². The Morgan fingerprint density at radius 2 is 1.72 bits per heavy atom. The molecule has 1 saturated heterocycles. The minimum Gasteiger partial charge on any atom is -0.478 e. The third kappa shape index (κ3) is 8.29. The lowest BCUT2D eigenvalue weighted by Gasteiger charge is -2.00. The summed E-state index contributed by atoms with van der Waals surface area (Å²) in [6, 6.07) is 0. The Kier molecular flexibility index (Phi) is 7.74. The number of hydrogen-bond donors (Lipinski definition) is 1. The third-order valence-electron chi connectivity index (χ3n) is 3.42. The number of ether oxygens (including phenoxy) is 1. The van der Waals surface area contributed by atoms with Crippen molar-refractivity contribution in [3.05, 3.63) is 11.6 Å². The van der Waals surface area contributed by atoms with Crippen molar-refractivity contribution in [2.24, 2.45) is 0 Å². The largest absolute Gasteiger partial charge is 0.478 e. The first kappa shape index (κ1) is 15.2. The molecule has 0 aromatic rings. The average molecular weight is 254 g/mol. The first-order valence-corrected chi connectivity index (χ1v) is 7.22. The van der Waals surface area contributed by atoms with Gasteiger partial charge in [0.25, 0.3) is 0 Å². The zero-order valence-electron chi connectivity index (χ0n) is 11.5. The van der Waals surface area contributed by atoms with Gasteiger partial charge in [0.2, 0.25) is 0 Å². The van der Waals surface area contributed by atoms with Gasteiger partial charge in [-0.25, -0.2) is 4.79 Å². The predicted molar refractivity (Wildman–Crippen MR) is 72.7 cm³/mol. The summed E-state index contributed by atoms with van der Waals surface area (Å²) in [6.45, 7) is 2.65. The van der Waals surface area contributed by atoms with Gasteiger partial charge in [-0.3, -0.25) is 0 Å². The highest BCUT2D eigenvalue weighted by molar-refractivity contribution is 5.85. The van der Waals surface area contributed by atoms with Crippen LogP contribution in [-0.4, -0.2) is 23.8 Å². The molecule has 0 aromatic carbocycles.